The predicted octanol–water partition coefficient (Wildman–Crippen LogP) is 7.17. The van der Waals surface area contributed by atoms with Crippen molar-refractivity contribution in [2.45, 2.75) is 26.2 Å². The summed E-state index contributed by atoms with van der Waals surface area (Å²) in [5.41, 5.74) is 3.90. The Hall–Kier alpha value is -4.56. The lowest BCUT2D eigenvalue weighted by molar-refractivity contribution is 0.104. The molecule has 0 aliphatic heterocycles. The summed E-state index contributed by atoms with van der Waals surface area (Å²) < 4.78 is 25.3. The van der Waals surface area contributed by atoms with Crippen LogP contribution in [0.1, 0.15) is 33.5 Å². The van der Waals surface area contributed by atoms with Crippen molar-refractivity contribution in [3.05, 3.63) is 118 Å². The van der Waals surface area contributed by atoms with Gasteiger partial charge in [0.2, 0.25) is 0 Å². The molecule has 43 heavy (non-hydrogen) atoms. The topological polar surface area (TPSA) is 76.0 Å². The lowest BCUT2D eigenvalue weighted by atomic mass is 10.0. The van der Waals surface area contributed by atoms with E-state index in [9.17, 15) is 9.59 Å². The molecule has 0 amide bonds. The van der Waals surface area contributed by atoms with Crippen LogP contribution >= 0.6 is 15.9 Å². The second kappa shape index (κ2) is 12.4. The van der Waals surface area contributed by atoms with Gasteiger partial charge in [0.15, 0.2) is 28.8 Å². The van der Waals surface area contributed by atoms with Crippen molar-refractivity contribution in [3.63, 3.8) is 0 Å². The van der Waals surface area contributed by atoms with Crippen LogP contribution in [-0.4, -0.2) is 29.9 Å². The minimum Gasteiger partial charge on any atom is -0.493 e. The van der Waals surface area contributed by atoms with Crippen molar-refractivity contribution in [2.24, 2.45) is 0 Å². The zero-order chi connectivity index (χ0) is 29.9. The first kappa shape index (κ1) is 28.6. The van der Waals surface area contributed by atoms with Gasteiger partial charge in [0.1, 0.15) is 13.2 Å². The molecule has 218 valence electrons. The number of alkyl halides is 1. The van der Waals surface area contributed by atoms with Gasteiger partial charge >= 0.3 is 0 Å². The molecule has 0 fully saturated rings. The molecule has 0 atom stereocenters. The zero-order valence-corrected chi connectivity index (χ0v) is 25.5. The van der Waals surface area contributed by atoms with Crippen LogP contribution in [0.5, 0.6) is 23.0 Å². The summed E-state index contributed by atoms with van der Waals surface area (Å²) >= 11 is 3.49. The minimum atomic E-state index is -0.201. The molecule has 8 heteroatoms. The number of carbonyl (C=O) groups is 1. The smallest absolute Gasteiger partial charge is 0.259 e. The highest BCUT2D eigenvalue weighted by Crippen LogP contribution is 2.46. The molecule has 7 nitrogen and oxygen atoms in total. The van der Waals surface area contributed by atoms with Gasteiger partial charge in [-0.05, 0) is 41.8 Å². The van der Waals surface area contributed by atoms with Gasteiger partial charge in [-0.1, -0.05) is 76.6 Å². The summed E-state index contributed by atoms with van der Waals surface area (Å²) in [6.07, 6.45) is 0.699. The standard InChI is InChI=1S/C35H30BrNO6/c1-40-28-16-24-27(19-29(28)41-2)35(39)37(15-9-14-36)33-25-17-30(42-20-22-10-5-3-6-11-22)31(18-26(25)34(38)32(24)33)43-21-23-12-7-4-8-13-23/h3-8,10-13,16-19H,9,14-15,20-21H2,1-2H3. The molecule has 5 aromatic rings. The molecule has 0 radical (unpaired) electrons. The summed E-state index contributed by atoms with van der Waals surface area (Å²) in [6.45, 7) is 1.04. The van der Waals surface area contributed by atoms with Gasteiger partial charge in [-0.2, -0.15) is 0 Å². The summed E-state index contributed by atoms with van der Waals surface area (Å²) in [6, 6.07) is 26.6. The number of aromatic nitrogens is 1. The number of halogens is 1. The number of rotatable bonds is 11. The van der Waals surface area contributed by atoms with Crippen molar-refractivity contribution in [1.29, 1.82) is 0 Å². The van der Waals surface area contributed by atoms with E-state index in [0.29, 0.717) is 87.7 Å². The van der Waals surface area contributed by atoms with Gasteiger partial charge in [-0.3, -0.25) is 9.59 Å². The molecule has 0 N–H and O–H groups in total. The van der Waals surface area contributed by atoms with Crippen molar-refractivity contribution in [3.8, 4) is 34.3 Å². The molecule has 0 unspecified atom stereocenters. The predicted molar refractivity (Wildman–Crippen MR) is 170 cm³/mol. The van der Waals surface area contributed by atoms with Crippen LogP contribution in [0.15, 0.2) is 89.7 Å². The average Bonchev–Trinajstić information content (AvgIpc) is 3.33. The molecule has 1 aliphatic rings. The maximum absolute atomic E-state index is 14.2. The number of nitrogens with zero attached hydrogens (tertiary/aromatic N) is 1. The van der Waals surface area contributed by atoms with E-state index in [1.165, 1.54) is 14.2 Å². The number of fused-ring (bicyclic) bond motifs is 5. The van der Waals surface area contributed by atoms with Crippen molar-refractivity contribution < 1.29 is 23.7 Å². The zero-order valence-electron chi connectivity index (χ0n) is 23.9. The molecule has 4 aromatic carbocycles. The van der Waals surface area contributed by atoms with E-state index in [0.717, 1.165) is 11.1 Å². The normalized spacial score (nSPS) is 11.7. The molecule has 0 bridgehead atoms. The average molecular weight is 641 g/mol. The van der Waals surface area contributed by atoms with Crippen LogP contribution < -0.4 is 24.5 Å². The fourth-order valence-electron chi connectivity index (χ4n) is 5.49. The lowest BCUT2D eigenvalue weighted by Crippen LogP contribution is -2.23. The molecule has 0 saturated heterocycles. The Morgan fingerprint density at radius 1 is 0.674 bits per heavy atom. The molecule has 0 saturated carbocycles. The van der Waals surface area contributed by atoms with E-state index in [4.69, 9.17) is 18.9 Å². The molecular formula is C35H30BrNO6. The number of carbonyl (C=O) groups excluding carboxylic acids is 1. The highest BCUT2D eigenvalue weighted by molar-refractivity contribution is 9.09. The van der Waals surface area contributed by atoms with E-state index in [1.807, 2.05) is 66.7 Å². The van der Waals surface area contributed by atoms with Gasteiger partial charge in [0, 0.05) is 28.4 Å². The van der Waals surface area contributed by atoms with Gasteiger partial charge in [-0.15, -0.1) is 0 Å². The highest BCUT2D eigenvalue weighted by Gasteiger charge is 2.35. The fraction of sp³-hybridized carbons (Fsp3) is 0.200. The number of hydrogen-bond donors (Lipinski definition) is 0. The van der Waals surface area contributed by atoms with E-state index in [-0.39, 0.29) is 11.3 Å². The van der Waals surface area contributed by atoms with Crippen molar-refractivity contribution in [2.75, 3.05) is 19.5 Å². The summed E-state index contributed by atoms with van der Waals surface area (Å²) in [5, 5.41) is 1.62. The SMILES string of the molecule is COc1cc2c3c(n(CCCBr)c(=O)c2cc1OC)-c1cc(OCc2ccccc2)c(OCc2ccccc2)cc1C3=O. The molecule has 1 aromatic heterocycles. The Morgan fingerprint density at radius 2 is 1.21 bits per heavy atom. The maximum Gasteiger partial charge on any atom is 0.259 e. The van der Waals surface area contributed by atoms with Crippen molar-refractivity contribution >= 4 is 32.5 Å². The third-order valence-electron chi connectivity index (χ3n) is 7.58. The molecule has 6 rings (SSSR count). The molecule has 1 aliphatic carbocycles. The largest absolute Gasteiger partial charge is 0.493 e. The first-order valence-electron chi connectivity index (χ1n) is 14.0. The summed E-state index contributed by atoms with van der Waals surface area (Å²) in [7, 11) is 3.06. The quantitative estimate of drug-likeness (QED) is 0.140. The van der Waals surface area contributed by atoms with Gasteiger partial charge in [-0.25, -0.2) is 0 Å². The Balaban J connectivity index is 1.54. The van der Waals surface area contributed by atoms with Gasteiger partial charge in [0.05, 0.1) is 30.9 Å². The maximum atomic E-state index is 14.2. The number of hydrogen-bond acceptors (Lipinski definition) is 6. The third kappa shape index (κ3) is 5.39. The number of methoxy groups -OCH3 is 2. The monoisotopic (exact) mass is 639 g/mol. The molecular weight excluding hydrogens is 610 g/mol. The van der Waals surface area contributed by atoms with E-state index >= 15 is 0 Å². The van der Waals surface area contributed by atoms with E-state index < -0.39 is 0 Å². The molecule has 0 spiro atoms. The van der Waals surface area contributed by atoms with Gasteiger partial charge < -0.3 is 23.5 Å². The second-order valence-electron chi connectivity index (χ2n) is 10.2. The number of ketones is 1. The van der Waals surface area contributed by atoms with Crippen LogP contribution in [-0.2, 0) is 19.8 Å². The Bertz CT molecular complexity index is 1870. The first-order chi connectivity index (χ1) is 21.0. The number of ether oxygens (including phenoxy) is 4. The highest BCUT2D eigenvalue weighted by atomic mass is 79.9. The third-order valence-corrected chi connectivity index (χ3v) is 8.14. The Kier molecular flexibility index (Phi) is 8.20. The van der Waals surface area contributed by atoms with Crippen LogP contribution in [0.2, 0.25) is 0 Å². The Morgan fingerprint density at radius 3 is 1.74 bits per heavy atom. The summed E-state index contributed by atoms with van der Waals surface area (Å²) in [5.74, 6) is 1.63. The Labute approximate surface area is 257 Å². The molecule has 1 heterocycles. The number of pyridine rings is 1. The fourth-order valence-corrected chi connectivity index (χ4v) is 5.74. The van der Waals surface area contributed by atoms with Crippen LogP contribution in [0.25, 0.3) is 22.0 Å². The minimum absolute atomic E-state index is 0.186. The van der Waals surface area contributed by atoms with Crippen LogP contribution in [0.4, 0.5) is 0 Å². The van der Waals surface area contributed by atoms with Gasteiger partial charge in [0.25, 0.3) is 5.56 Å². The van der Waals surface area contributed by atoms with E-state index in [2.05, 4.69) is 15.9 Å². The van der Waals surface area contributed by atoms with Crippen LogP contribution in [0.3, 0.4) is 0 Å². The van der Waals surface area contributed by atoms with Crippen LogP contribution in [0, 0.1) is 0 Å². The van der Waals surface area contributed by atoms with E-state index in [1.54, 1.807) is 22.8 Å². The van der Waals surface area contributed by atoms with Crippen molar-refractivity contribution in [1.82, 2.24) is 4.57 Å². The number of benzene rings is 4. The second-order valence-corrected chi connectivity index (χ2v) is 11.0. The summed E-state index contributed by atoms with van der Waals surface area (Å²) in [4.78, 5) is 28.2. The first-order valence-corrected chi connectivity index (χ1v) is 15.1. The lowest BCUT2D eigenvalue weighted by Gasteiger charge is -2.18.